The molecule has 3 aliphatic rings. The zero-order valence-electron chi connectivity index (χ0n) is 38.0. The highest BCUT2D eigenvalue weighted by molar-refractivity contribution is 5.85. The number of anilines is 11. The first kappa shape index (κ1) is 41.1. The van der Waals surface area contributed by atoms with Crippen molar-refractivity contribution in [3.8, 4) is 0 Å². The maximum Gasteiger partial charge on any atom is 0.0464 e. The Morgan fingerprint density at radius 3 is 0.879 bits per heavy atom. The summed E-state index contributed by atoms with van der Waals surface area (Å²) < 4.78 is 0. The van der Waals surface area contributed by atoms with E-state index in [1.807, 2.05) is 0 Å². The lowest BCUT2D eigenvalue weighted by Gasteiger charge is -2.32. The van der Waals surface area contributed by atoms with Crippen molar-refractivity contribution in [3.05, 3.63) is 245 Å². The molecule has 8 aromatic carbocycles. The van der Waals surface area contributed by atoms with Gasteiger partial charge in [0.2, 0.25) is 0 Å². The second kappa shape index (κ2) is 17.4. The van der Waals surface area contributed by atoms with Gasteiger partial charge in [-0.3, -0.25) is 0 Å². The lowest BCUT2D eigenvalue weighted by Crippen LogP contribution is -2.22. The van der Waals surface area contributed by atoms with Gasteiger partial charge < -0.3 is 25.3 Å². The number of benzene rings is 8. The molecule has 324 valence electrons. The second-order valence-electron chi connectivity index (χ2n) is 18.2. The lowest BCUT2D eigenvalue weighted by atomic mass is 9.88. The highest BCUT2D eigenvalue weighted by atomic mass is 15.2. The Balaban J connectivity index is 0.958. The third-order valence-electron chi connectivity index (χ3n) is 13.6. The number of hydrogen-bond donors (Lipinski definition) is 1. The Hall–Kier alpha value is -7.60. The van der Waals surface area contributed by atoms with Crippen LogP contribution in [0.15, 0.2) is 206 Å². The second-order valence-corrected chi connectivity index (χ2v) is 18.2. The summed E-state index contributed by atoms with van der Waals surface area (Å²) in [7, 11) is 0. The van der Waals surface area contributed by atoms with Crippen molar-refractivity contribution in [3.63, 3.8) is 0 Å². The average molecular weight is 858 g/mol. The van der Waals surface area contributed by atoms with Crippen molar-refractivity contribution in [1.82, 2.24) is 0 Å². The van der Waals surface area contributed by atoms with E-state index in [-0.39, 0.29) is 6.04 Å². The minimum absolute atomic E-state index is 0.0419. The van der Waals surface area contributed by atoms with Crippen molar-refractivity contribution < 1.29 is 0 Å². The molecule has 1 unspecified atom stereocenters. The number of nitrogens with zero attached hydrogens (tertiary/aromatic N) is 4. The van der Waals surface area contributed by atoms with Gasteiger partial charge in [-0.2, -0.15) is 0 Å². The summed E-state index contributed by atoms with van der Waals surface area (Å²) in [4.78, 5) is 9.47. The predicted octanol–water partition coefficient (Wildman–Crippen LogP) is 15.5. The molecular formula is C61H55N5. The van der Waals surface area contributed by atoms with Crippen LogP contribution in [0.5, 0.6) is 0 Å². The molecule has 3 aliphatic carbocycles. The fourth-order valence-corrected chi connectivity index (χ4v) is 9.56. The molecule has 5 heteroatoms. The van der Waals surface area contributed by atoms with Gasteiger partial charge in [0.1, 0.15) is 0 Å². The zero-order chi connectivity index (χ0) is 44.7. The quantitative estimate of drug-likeness (QED) is 0.133. The van der Waals surface area contributed by atoms with Gasteiger partial charge in [-0.05, 0) is 215 Å². The van der Waals surface area contributed by atoms with E-state index in [0.29, 0.717) is 0 Å². The molecule has 66 heavy (non-hydrogen) atoms. The van der Waals surface area contributed by atoms with Gasteiger partial charge in [0.05, 0.1) is 0 Å². The van der Waals surface area contributed by atoms with Gasteiger partial charge in [0, 0.05) is 74.3 Å². The minimum atomic E-state index is 0.0419. The molecule has 0 spiro atoms. The Morgan fingerprint density at radius 2 is 0.606 bits per heavy atom. The van der Waals surface area contributed by atoms with Crippen LogP contribution in [0.4, 0.5) is 62.6 Å². The van der Waals surface area contributed by atoms with E-state index in [2.05, 4.69) is 241 Å². The monoisotopic (exact) mass is 857 g/mol. The smallest absolute Gasteiger partial charge is 0.0464 e. The Kier molecular flexibility index (Phi) is 10.9. The van der Waals surface area contributed by atoms with Crippen molar-refractivity contribution in [2.75, 3.05) is 19.6 Å². The topological polar surface area (TPSA) is 39.0 Å². The van der Waals surface area contributed by atoms with Crippen molar-refractivity contribution >= 4 is 62.6 Å². The van der Waals surface area contributed by atoms with Gasteiger partial charge >= 0.3 is 0 Å². The first-order valence-corrected chi connectivity index (χ1v) is 23.4. The van der Waals surface area contributed by atoms with Crippen LogP contribution in [0.1, 0.15) is 45.4 Å². The first-order valence-electron chi connectivity index (χ1n) is 23.4. The molecule has 0 saturated carbocycles. The summed E-state index contributed by atoms with van der Waals surface area (Å²) in [5.74, 6) is 0. The molecule has 0 fully saturated rings. The number of hydrogen-bond acceptors (Lipinski definition) is 5. The van der Waals surface area contributed by atoms with Crippen LogP contribution in [0.25, 0.3) is 0 Å². The molecule has 11 rings (SSSR count). The first-order chi connectivity index (χ1) is 32.3. The average Bonchev–Trinajstić information content (AvgIpc) is 3.32. The highest BCUT2D eigenvalue weighted by Gasteiger charge is 2.23. The van der Waals surface area contributed by atoms with Crippen LogP contribution in [0, 0.1) is 20.8 Å². The SMILES string of the molecule is Cc1ccc(N(C2=CCC(N)C=C2)c2ccc(N(c3ccc(N(c4ccc(N(c5ccc(C)cc5)c5ccc(C)cc5)cc4)c4ccc5c(c4)CC5)cc3)c3ccc4c(c3)CC4)cc2)cc1. The van der Waals surface area contributed by atoms with E-state index in [1.165, 1.54) is 44.6 Å². The van der Waals surface area contributed by atoms with E-state index < -0.39 is 0 Å². The van der Waals surface area contributed by atoms with E-state index in [1.54, 1.807) is 0 Å². The number of rotatable bonds is 12. The maximum atomic E-state index is 6.28. The summed E-state index contributed by atoms with van der Waals surface area (Å²) in [6.45, 7) is 6.41. The molecule has 1 atom stereocenters. The highest BCUT2D eigenvalue weighted by Crippen LogP contribution is 2.44. The maximum absolute atomic E-state index is 6.28. The van der Waals surface area contributed by atoms with Crippen LogP contribution < -0.4 is 25.3 Å². The molecular weight excluding hydrogens is 803 g/mol. The summed E-state index contributed by atoms with van der Waals surface area (Å²) >= 11 is 0. The summed E-state index contributed by atoms with van der Waals surface area (Å²) in [5.41, 5.74) is 29.3. The molecule has 0 radical (unpaired) electrons. The molecule has 5 nitrogen and oxygen atoms in total. The molecule has 8 aromatic rings. The van der Waals surface area contributed by atoms with Crippen molar-refractivity contribution in [1.29, 1.82) is 0 Å². The summed E-state index contributed by atoms with van der Waals surface area (Å²) in [6.07, 6.45) is 11.9. The normalized spacial score (nSPS) is 14.5. The van der Waals surface area contributed by atoms with E-state index >= 15 is 0 Å². The van der Waals surface area contributed by atoms with Crippen LogP contribution in [-0.2, 0) is 25.7 Å². The number of allylic oxidation sites excluding steroid dienone is 1. The molecule has 0 aromatic heterocycles. The molecule has 2 N–H and O–H groups in total. The van der Waals surface area contributed by atoms with Crippen LogP contribution in [-0.4, -0.2) is 6.04 Å². The third-order valence-corrected chi connectivity index (χ3v) is 13.6. The van der Waals surface area contributed by atoms with Crippen LogP contribution in [0.3, 0.4) is 0 Å². The van der Waals surface area contributed by atoms with Crippen molar-refractivity contribution in [2.45, 2.75) is 58.9 Å². The fourth-order valence-electron chi connectivity index (χ4n) is 9.56. The Labute approximate surface area is 390 Å². The molecule has 0 bridgehead atoms. The standard InChI is InChI=1S/C61H55N5/c1-42-4-18-50(19-5-42)63(51-20-6-43(2)7-21-51)54-28-32-56(33-29-54)65(60-24-14-45-10-12-47(45)40-60)58-36-38-59(39-37-58)66(61-25-15-46-11-13-48(46)41-61)57-34-30-55(31-35-57)64(52-22-8-44(3)9-23-52)53-26-16-49(62)17-27-53/h4-9,14-16,18-41,49H,10-13,17,62H2,1-3H3. The Bertz CT molecular complexity index is 3030. The molecule has 0 saturated heterocycles. The number of nitrogens with two attached hydrogens (primary N) is 1. The van der Waals surface area contributed by atoms with E-state index in [9.17, 15) is 0 Å². The lowest BCUT2D eigenvalue weighted by molar-refractivity contribution is 0.814. The predicted molar refractivity (Wildman–Crippen MR) is 278 cm³/mol. The molecule has 0 aliphatic heterocycles. The van der Waals surface area contributed by atoms with Gasteiger partial charge in [-0.1, -0.05) is 77.4 Å². The third kappa shape index (κ3) is 8.08. The van der Waals surface area contributed by atoms with Gasteiger partial charge in [0.25, 0.3) is 0 Å². The van der Waals surface area contributed by atoms with E-state index in [0.717, 1.165) is 94.7 Å². The minimum Gasteiger partial charge on any atom is -0.324 e. The molecule has 0 heterocycles. The van der Waals surface area contributed by atoms with E-state index in [4.69, 9.17) is 5.73 Å². The van der Waals surface area contributed by atoms with Crippen LogP contribution >= 0.6 is 0 Å². The zero-order valence-corrected chi connectivity index (χ0v) is 38.0. The Morgan fingerprint density at radius 1 is 0.333 bits per heavy atom. The van der Waals surface area contributed by atoms with Gasteiger partial charge in [-0.15, -0.1) is 0 Å². The summed E-state index contributed by atoms with van der Waals surface area (Å²) in [5, 5.41) is 0. The van der Waals surface area contributed by atoms with Gasteiger partial charge in [0.15, 0.2) is 0 Å². The number of aryl methyl sites for hydroxylation is 7. The van der Waals surface area contributed by atoms with Crippen molar-refractivity contribution in [2.24, 2.45) is 5.73 Å². The van der Waals surface area contributed by atoms with Crippen LogP contribution in [0.2, 0.25) is 0 Å². The van der Waals surface area contributed by atoms with Gasteiger partial charge in [-0.25, -0.2) is 0 Å². The number of fused-ring (bicyclic) bond motifs is 2. The fraction of sp³-hybridized carbons (Fsp3) is 0.148. The largest absolute Gasteiger partial charge is 0.324 e. The molecule has 0 amide bonds. The summed E-state index contributed by atoms with van der Waals surface area (Å²) in [6, 6.07) is 67.5.